The van der Waals surface area contributed by atoms with E-state index in [4.69, 9.17) is 4.74 Å². The van der Waals surface area contributed by atoms with Crippen LogP contribution in [0.5, 0.6) is 5.75 Å². The molecule has 1 aromatic carbocycles. The number of hydrogen-bond donors (Lipinski definition) is 2. The van der Waals surface area contributed by atoms with Gasteiger partial charge in [-0.25, -0.2) is 9.36 Å². The maximum atomic E-state index is 13.1. The van der Waals surface area contributed by atoms with Gasteiger partial charge in [-0.2, -0.15) is 0 Å². The fraction of sp³-hybridized carbons (Fsp3) is 0.391. The van der Waals surface area contributed by atoms with E-state index in [-0.39, 0.29) is 25.0 Å². The number of para-hydroxylation sites is 1. The molecular formula is C23H26N4O5S. The van der Waals surface area contributed by atoms with E-state index >= 15 is 0 Å². The van der Waals surface area contributed by atoms with Crippen LogP contribution in [0.2, 0.25) is 0 Å². The smallest absolute Gasteiger partial charge is 0.332 e. The molecule has 174 valence electrons. The lowest BCUT2D eigenvalue weighted by molar-refractivity contribution is -0.122. The van der Waals surface area contributed by atoms with Gasteiger partial charge in [-0.15, -0.1) is 11.3 Å². The third-order valence-electron chi connectivity index (χ3n) is 5.83. The van der Waals surface area contributed by atoms with Gasteiger partial charge >= 0.3 is 5.69 Å². The normalized spacial score (nSPS) is 13.8. The van der Waals surface area contributed by atoms with Crippen LogP contribution in [0, 0.1) is 0 Å². The molecule has 0 atom stereocenters. The van der Waals surface area contributed by atoms with Crippen molar-refractivity contribution in [1.29, 1.82) is 0 Å². The molecule has 0 saturated heterocycles. The molecule has 3 aromatic rings. The number of rotatable bonds is 8. The van der Waals surface area contributed by atoms with E-state index in [1.165, 1.54) is 15.9 Å². The zero-order chi connectivity index (χ0) is 23.4. The number of carbonyl (C=O) groups excluding carboxylic acids is 2. The van der Waals surface area contributed by atoms with Crippen molar-refractivity contribution in [1.82, 2.24) is 19.8 Å². The molecule has 0 spiro atoms. The number of nitrogens with zero attached hydrogens (tertiary/aromatic N) is 2. The van der Waals surface area contributed by atoms with Crippen LogP contribution in [0.1, 0.15) is 31.2 Å². The molecule has 2 aromatic heterocycles. The van der Waals surface area contributed by atoms with Gasteiger partial charge in [0.15, 0.2) is 0 Å². The molecule has 33 heavy (non-hydrogen) atoms. The molecule has 0 bridgehead atoms. The van der Waals surface area contributed by atoms with Crippen molar-refractivity contribution < 1.29 is 14.3 Å². The third kappa shape index (κ3) is 5.00. The lowest BCUT2D eigenvalue weighted by Crippen LogP contribution is -2.45. The van der Waals surface area contributed by atoms with Gasteiger partial charge in [0, 0.05) is 18.2 Å². The van der Waals surface area contributed by atoms with Crippen LogP contribution in [0.3, 0.4) is 0 Å². The zero-order valence-corrected chi connectivity index (χ0v) is 19.2. The Balaban J connectivity index is 1.54. The van der Waals surface area contributed by atoms with E-state index < -0.39 is 23.7 Å². The minimum atomic E-state index is -0.681. The molecule has 1 fully saturated rings. The quantitative estimate of drug-likeness (QED) is 0.520. The molecule has 10 heteroatoms. The predicted molar refractivity (Wildman–Crippen MR) is 126 cm³/mol. The molecule has 1 aliphatic rings. The Bertz CT molecular complexity index is 1290. The highest BCUT2D eigenvalue weighted by atomic mass is 32.1. The maximum absolute atomic E-state index is 13.1. The Morgan fingerprint density at radius 3 is 2.55 bits per heavy atom. The van der Waals surface area contributed by atoms with Crippen molar-refractivity contribution in [3.8, 4) is 5.75 Å². The Morgan fingerprint density at radius 2 is 1.79 bits per heavy atom. The largest absolute Gasteiger partial charge is 0.496 e. The molecule has 2 heterocycles. The van der Waals surface area contributed by atoms with Crippen LogP contribution in [-0.2, 0) is 29.2 Å². The van der Waals surface area contributed by atoms with Crippen LogP contribution >= 0.6 is 11.3 Å². The van der Waals surface area contributed by atoms with Crippen molar-refractivity contribution in [2.75, 3.05) is 7.11 Å². The van der Waals surface area contributed by atoms with Crippen LogP contribution in [-0.4, -0.2) is 34.1 Å². The summed E-state index contributed by atoms with van der Waals surface area (Å²) in [7, 11) is 1.54. The monoisotopic (exact) mass is 470 g/mol. The van der Waals surface area contributed by atoms with E-state index in [1.807, 2.05) is 18.2 Å². The second kappa shape index (κ2) is 10.0. The summed E-state index contributed by atoms with van der Waals surface area (Å²) in [6, 6.07) is 9.03. The molecule has 1 saturated carbocycles. The Kier molecular flexibility index (Phi) is 6.93. The SMILES string of the molecule is COc1ccccc1CNC(=O)Cn1c(=O)c2sccc2n(CC(=O)NC2CCCC2)c1=O. The number of amides is 2. The first-order chi connectivity index (χ1) is 16.0. The average molecular weight is 471 g/mol. The highest BCUT2D eigenvalue weighted by molar-refractivity contribution is 7.17. The second-order valence-corrected chi connectivity index (χ2v) is 8.95. The fourth-order valence-corrected chi connectivity index (χ4v) is 5.00. The predicted octanol–water partition coefficient (Wildman–Crippen LogP) is 1.61. The van der Waals surface area contributed by atoms with Gasteiger partial charge in [0.1, 0.15) is 23.5 Å². The first kappa shape index (κ1) is 22.8. The number of benzene rings is 1. The van der Waals surface area contributed by atoms with Crippen molar-refractivity contribution in [3.63, 3.8) is 0 Å². The summed E-state index contributed by atoms with van der Waals surface area (Å²) in [5.74, 6) is -0.133. The summed E-state index contributed by atoms with van der Waals surface area (Å²) in [4.78, 5) is 51.2. The third-order valence-corrected chi connectivity index (χ3v) is 6.72. The number of nitrogens with one attached hydrogen (secondary N) is 2. The van der Waals surface area contributed by atoms with Gasteiger partial charge in [0.25, 0.3) is 5.56 Å². The van der Waals surface area contributed by atoms with Gasteiger partial charge in [-0.1, -0.05) is 31.0 Å². The van der Waals surface area contributed by atoms with Crippen molar-refractivity contribution >= 4 is 33.4 Å². The lowest BCUT2D eigenvalue weighted by Gasteiger charge is -2.15. The highest BCUT2D eigenvalue weighted by Crippen LogP contribution is 2.19. The van der Waals surface area contributed by atoms with E-state index in [9.17, 15) is 19.2 Å². The molecule has 4 rings (SSSR count). The molecule has 0 radical (unpaired) electrons. The number of ether oxygens (including phenoxy) is 1. The zero-order valence-electron chi connectivity index (χ0n) is 18.3. The number of thiophene rings is 1. The Morgan fingerprint density at radius 1 is 1.06 bits per heavy atom. The van der Waals surface area contributed by atoms with Crippen molar-refractivity contribution in [3.05, 3.63) is 62.1 Å². The molecule has 2 N–H and O–H groups in total. The number of carbonyl (C=O) groups is 2. The lowest BCUT2D eigenvalue weighted by atomic mass is 10.2. The number of fused-ring (bicyclic) bond motifs is 1. The number of methoxy groups -OCH3 is 1. The maximum Gasteiger partial charge on any atom is 0.332 e. The van der Waals surface area contributed by atoms with Gasteiger partial charge in [0.05, 0.1) is 12.6 Å². The van der Waals surface area contributed by atoms with E-state index in [0.717, 1.165) is 35.8 Å². The van der Waals surface area contributed by atoms with Crippen molar-refractivity contribution in [2.45, 2.75) is 51.4 Å². The van der Waals surface area contributed by atoms with Crippen LogP contribution in [0.25, 0.3) is 10.2 Å². The van der Waals surface area contributed by atoms with Crippen LogP contribution in [0.15, 0.2) is 45.3 Å². The summed E-state index contributed by atoms with van der Waals surface area (Å²) in [6.07, 6.45) is 4.02. The molecule has 0 unspecified atom stereocenters. The molecule has 9 nitrogen and oxygen atoms in total. The van der Waals surface area contributed by atoms with E-state index in [0.29, 0.717) is 16.0 Å². The van der Waals surface area contributed by atoms with Gasteiger partial charge in [0.2, 0.25) is 11.8 Å². The minimum absolute atomic E-state index is 0.123. The summed E-state index contributed by atoms with van der Waals surface area (Å²) in [5, 5.41) is 7.38. The van der Waals surface area contributed by atoms with Crippen LogP contribution in [0.4, 0.5) is 0 Å². The first-order valence-corrected chi connectivity index (χ1v) is 11.7. The first-order valence-electron chi connectivity index (χ1n) is 10.9. The van der Waals surface area contributed by atoms with Crippen molar-refractivity contribution in [2.24, 2.45) is 0 Å². The van der Waals surface area contributed by atoms with Gasteiger partial charge in [-0.05, 0) is 30.4 Å². The average Bonchev–Trinajstić information content (AvgIpc) is 3.50. The minimum Gasteiger partial charge on any atom is -0.496 e. The summed E-state index contributed by atoms with van der Waals surface area (Å²) >= 11 is 1.18. The molecule has 1 aliphatic carbocycles. The topological polar surface area (TPSA) is 111 Å². The van der Waals surface area contributed by atoms with Crippen LogP contribution < -0.4 is 26.6 Å². The Labute approximate surface area is 194 Å². The highest BCUT2D eigenvalue weighted by Gasteiger charge is 2.21. The summed E-state index contributed by atoms with van der Waals surface area (Å²) in [6.45, 7) is -0.451. The Hall–Kier alpha value is -3.40. The number of aromatic nitrogens is 2. The molecule has 0 aliphatic heterocycles. The van der Waals surface area contributed by atoms with Gasteiger partial charge in [-0.3, -0.25) is 19.0 Å². The second-order valence-electron chi connectivity index (χ2n) is 8.03. The molecular weight excluding hydrogens is 444 g/mol. The number of hydrogen-bond acceptors (Lipinski definition) is 6. The molecule has 2 amide bonds. The standard InChI is InChI=1S/C23H26N4O5S/c1-32-18-9-5-2-6-15(18)12-24-19(28)13-27-22(30)21-17(10-11-33-21)26(23(27)31)14-20(29)25-16-7-3-4-8-16/h2,5-6,9-11,16H,3-4,7-8,12-14H2,1H3,(H,24,28)(H,25,29). The fourth-order valence-electron chi connectivity index (χ4n) is 4.15. The summed E-state index contributed by atoms with van der Waals surface area (Å²) < 4.78 is 7.77. The van der Waals surface area contributed by atoms with E-state index in [2.05, 4.69) is 10.6 Å². The van der Waals surface area contributed by atoms with E-state index in [1.54, 1.807) is 24.6 Å². The van der Waals surface area contributed by atoms with Gasteiger partial charge < -0.3 is 15.4 Å². The summed E-state index contributed by atoms with van der Waals surface area (Å²) in [5.41, 5.74) is -0.0394.